The number of rotatable bonds is 5. The molecular formula is C14H16F3N3OS. The maximum absolute atomic E-state index is 12.5. The number of aryl methyl sites for hydroxylation is 1. The summed E-state index contributed by atoms with van der Waals surface area (Å²) in [4.78, 5) is 0. The van der Waals surface area contributed by atoms with Crippen LogP contribution < -0.4 is 10.1 Å². The molecule has 1 N–H and O–H groups in total. The summed E-state index contributed by atoms with van der Waals surface area (Å²) in [5, 5.41) is 8.66. The van der Waals surface area contributed by atoms with E-state index in [1.54, 1.807) is 0 Å². The molecular weight excluding hydrogens is 315 g/mol. The molecule has 1 heterocycles. The zero-order valence-corrected chi connectivity index (χ0v) is 13.2. The summed E-state index contributed by atoms with van der Waals surface area (Å²) >= 11 is 0.483. The molecule has 2 aromatic rings. The third-order valence-corrected chi connectivity index (χ3v) is 3.61. The van der Waals surface area contributed by atoms with Gasteiger partial charge in [0.25, 0.3) is 0 Å². The van der Waals surface area contributed by atoms with Crippen molar-refractivity contribution in [3.05, 3.63) is 34.3 Å². The van der Waals surface area contributed by atoms with Crippen LogP contribution in [0, 0.1) is 6.92 Å². The number of aromatic nitrogens is 2. The van der Waals surface area contributed by atoms with Crippen molar-refractivity contribution in [3.8, 4) is 5.75 Å². The molecule has 0 aliphatic carbocycles. The quantitative estimate of drug-likeness (QED) is 0.889. The van der Waals surface area contributed by atoms with Crippen molar-refractivity contribution in [1.82, 2.24) is 10.2 Å². The van der Waals surface area contributed by atoms with E-state index in [1.807, 2.05) is 39.0 Å². The monoisotopic (exact) mass is 331 g/mol. The second-order valence-corrected chi connectivity index (χ2v) is 6.02. The molecule has 0 aliphatic rings. The average molecular weight is 331 g/mol. The van der Waals surface area contributed by atoms with Crippen LogP contribution in [0.15, 0.2) is 18.2 Å². The van der Waals surface area contributed by atoms with Crippen molar-refractivity contribution >= 4 is 16.5 Å². The average Bonchev–Trinajstić information content (AvgIpc) is 2.86. The summed E-state index contributed by atoms with van der Waals surface area (Å²) in [6.45, 7) is 6.10. The number of nitrogens with one attached hydrogen (secondary N) is 1. The fraction of sp³-hybridized carbons (Fsp3) is 0.429. The molecule has 2 rings (SSSR count). The predicted molar refractivity (Wildman–Crippen MR) is 79.2 cm³/mol. The van der Waals surface area contributed by atoms with Gasteiger partial charge in [0.2, 0.25) is 10.1 Å². The Morgan fingerprint density at radius 1 is 1.27 bits per heavy atom. The number of alkyl halides is 3. The maximum atomic E-state index is 12.5. The standard InChI is InChI=1S/C14H16F3N3OS/c1-8(2)21-11-6-9(3)4-5-10(11)7-18-13-20-19-12(22-13)14(15,16)17/h4-6,8H,7H2,1-3H3,(H,18,20). The van der Waals surface area contributed by atoms with Crippen LogP contribution in [0.4, 0.5) is 18.3 Å². The molecule has 0 unspecified atom stereocenters. The summed E-state index contributed by atoms with van der Waals surface area (Å²) < 4.78 is 43.2. The first-order valence-electron chi connectivity index (χ1n) is 6.66. The van der Waals surface area contributed by atoms with Crippen LogP contribution in [-0.2, 0) is 12.7 Å². The molecule has 0 spiro atoms. The van der Waals surface area contributed by atoms with Gasteiger partial charge in [-0.05, 0) is 32.4 Å². The molecule has 1 aromatic carbocycles. The van der Waals surface area contributed by atoms with Gasteiger partial charge in [-0.1, -0.05) is 23.5 Å². The number of anilines is 1. The molecule has 0 bridgehead atoms. The van der Waals surface area contributed by atoms with E-state index in [0.29, 0.717) is 23.6 Å². The molecule has 0 saturated carbocycles. The molecule has 120 valence electrons. The Morgan fingerprint density at radius 2 is 2.00 bits per heavy atom. The van der Waals surface area contributed by atoms with E-state index < -0.39 is 11.2 Å². The zero-order valence-electron chi connectivity index (χ0n) is 12.4. The van der Waals surface area contributed by atoms with E-state index in [0.717, 1.165) is 11.1 Å². The van der Waals surface area contributed by atoms with Gasteiger partial charge in [-0.2, -0.15) is 13.2 Å². The Labute approximate surface area is 130 Å². The van der Waals surface area contributed by atoms with Gasteiger partial charge in [0, 0.05) is 12.1 Å². The Hall–Kier alpha value is -1.83. The molecule has 1 aromatic heterocycles. The first-order chi connectivity index (χ1) is 10.3. The highest BCUT2D eigenvalue weighted by molar-refractivity contribution is 7.15. The normalized spacial score (nSPS) is 11.8. The minimum atomic E-state index is -4.46. The van der Waals surface area contributed by atoms with Crippen molar-refractivity contribution in [3.63, 3.8) is 0 Å². The van der Waals surface area contributed by atoms with Crippen LogP contribution in [0.25, 0.3) is 0 Å². The number of hydrogen-bond donors (Lipinski definition) is 1. The number of hydrogen-bond acceptors (Lipinski definition) is 5. The third kappa shape index (κ3) is 4.33. The summed E-state index contributed by atoms with van der Waals surface area (Å²) in [5.74, 6) is 0.711. The van der Waals surface area contributed by atoms with Gasteiger partial charge in [-0.15, -0.1) is 10.2 Å². The maximum Gasteiger partial charge on any atom is 0.445 e. The molecule has 0 aliphatic heterocycles. The summed E-state index contributed by atoms with van der Waals surface area (Å²) in [7, 11) is 0. The van der Waals surface area contributed by atoms with E-state index in [2.05, 4.69) is 15.5 Å². The van der Waals surface area contributed by atoms with Crippen molar-refractivity contribution < 1.29 is 17.9 Å². The highest BCUT2D eigenvalue weighted by atomic mass is 32.1. The second-order valence-electron chi connectivity index (χ2n) is 5.04. The first-order valence-corrected chi connectivity index (χ1v) is 7.48. The van der Waals surface area contributed by atoms with E-state index in [1.165, 1.54) is 0 Å². The lowest BCUT2D eigenvalue weighted by molar-refractivity contribution is -0.138. The van der Waals surface area contributed by atoms with Gasteiger partial charge in [0.15, 0.2) is 0 Å². The van der Waals surface area contributed by atoms with Crippen LogP contribution in [-0.4, -0.2) is 16.3 Å². The Bertz CT molecular complexity index is 641. The largest absolute Gasteiger partial charge is 0.491 e. The second kappa shape index (κ2) is 6.51. The predicted octanol–water partition coefficient (Wildman–Crippen LogP) is 4.26. The summed E-state index contributed by atoms with van der Waals surface area (Å²) in [5.41, 5.74) is 1.90. The van der Waals surface area contributed by atoms with Crippen molar-refractivity contribution in [1.29, 1.82) is 0 Å². The topological polar surface area (TPSA) is 47.0 Å². The molecule has 22 heavy (non-hydrogen) atoms. The fourth-order valence-corrected chi connectivity index (χ4v) is 2.36. The first kappa shape index (κ1) is 16.5. The van der Waals surface area contributed by atoms with Gasteiger partial charge in [0.1, 0.15) is 5.75 Å². The lowest BCUT2D eigenvalue weighted by Gasteiger charge is -2.15. The molecule has 0 atom stereocenters. The summed E-state index contributed by atoms with van der Waals surface area (Å²) in [6, 6.07) is 5.70. The molecule has 0 fully saturated rings. The van der Waals surface area contributed by atoms with Crippen molar-refractivity contribution in [2.75, 3.05) is 5.32 Å². The van der Waals surface area contributed by atoms with Crippen LogP contribution >= 0.6 is 11.3 Å². The highest BCUT2D eigenvalue weighted by Crippen LogP contribution is 2.33. The van der Waals surface area contributed by atoms with Gasteiger partial charge in [-0.25, -0.2) is 0 Å². The molecule has 0 radical (unpaired) electrons. The molecule has 8 heteroatoms. The minimum absolute atomic E-state index is 0.0129. The van der Waals surface area contributed by atoms with Crippen molar-refractivity contribution in [2.24, 2.45) is 0 Å². The van der Waals surface area contributed by atoms with E-state index in [4.69, 9.17) is 4.74 Å². The van der Waals surface area contributed by atoms with Gasteiger partial charge < -0.3 is 10.1 Å². The number of benzene rings is 1. The van der Waals surface area contributed by atoms with E-state index in [-0.39, 0.29) is 11.2 Å². The molecule has 0 amide bonds. The zero-order chi connectivity index (χ0) is 16.3. The van der Waals surface area contributed by atoms with Gasteiger partial charge >= 0.3 is 6.18 Å². The van der Waals surface area contributed by atoms with E-state index in [9.17, 15) is 13.2 Å². The Morgan fingerprint density at radius 3 is 2.59 bits per heavy atom. The minimum Gasteiger partial charge on any atom is -0.491 e. The van der Waals surface area contributed by atoms with Crippen LogP contribution in [0.2, 0.25) is 0 Å². The summed E-state index contributed by atoms with van der Waals surface area (Å²) in [6.07, 6.45) is -4.45. The number of halogens is 3. The fourth-order valence-electron chi connectivity index (χ4n) is 1.75. The van der Waals surface area contributed by atoms with Crippen molar-refractivity contribution in [2.45, 2.75) is 39.6 Å². The van der Waals surface area contributed by atoms with Gasteiger partial charge in [0.05, 0.1) is 6.10 Å². The molecule has 4 nitrogen and oxygen atoms in total. The number of ether oxygens (including phenoxy) is 1. The van der Waals surface area contributed by atoms with Crippen LogP contribution in [0.5, 0.6) is 5.75 Å². The highest BCUT2D eigenvalue weighted by Gasteiger charge is 2.35. The number of nitrogens with zero attached hydrogens (tertiary/aromatic N) is 2. The van der Waals surface area contributed by atoms with Gasteiger partial charge in [-0.3, -0.25) is 0 Å². The van der Waals surface area contributed by atoms with Crippen LogP contribution in [0.3, 0.4) is 0 Å². The smallest absolute Gasteiger partial charge is 0.445 e. The van der Waals surface area contributed by atoms with Crippen LogP contribution in [0.1, 0.15) is 30.0 Å². The third-order valence-electron chi connectivity index (χ3n) is 2.68. The Balaban J connectivity index is 2.09. The lowest BCUT2D eigenvalue weighted by atomic mass is 10.1. The SMILES string of the molecule is Cc1ccc(CNc2nnc(C(F)(F)F)s2)c(OC(C)C)c1. The Kier molecular flexibility index (Phi) is 4.90. The molecule has 0 saturated heterocycles. The van der Waals surface area contributed by atoms with E-state index >= 15 is 0 Å². The lowest BCUT2D eigenvalue weighted by Crippen LogP contribution is -2.09.